The number of carbonyl (C=O) groups is 2. The first kappa shape index (κ1) is 26.9. The summed E-state index contributed by atoms with van der Waals surface area (Å²) in [5.74, 6) is 1.20. The molecule has 204 valence electrons. The highest BCUT2D eigenvalue weighted by atomic mass is 16.6. The van der Waals surface area contributed by atoms with Crippen LogP contribution in [0.4, 0.5) is 5.82 Å². The van der Waals surface area contributed by atoms with Crippen molar-refractivity contribution in [3.05, 3.63) is 30.4 Å². The Morgan fingerprint density at radius 2 is 1.79 bits per heavy atom. The largest absolute Gasteiger partial charge is 0.493 e. The first-order valence-corrected chi connectivity index (χ1v) is 12.0. The maximum absolute atomic E-state index is 11.6. The van der Waals surface area contributed by atoms with E-state index in [2.05, 4.69) is 20.3 Å². The third kappa shape index (κ3) is 5.57. The van der Waals surface area contributed by atoms with Gasteiger partial charge in [0.2, 0.25) is 5.75 Å². The van der Waals surface area contributed by atoms with Crippen molar-refractivity contribution in [1.82, 2.24) is 19.5 Å². The van der Waals surface area contributed by atoms with Gasteiger partial charge in [0.15, 0.2) is 28.5 Å². The van der Waals surface area contributed by atoms with Crippen molar-refractivity contribution in [2.45, 2.75) is 51.7 Å². The molecule has 0 spiro atoms. The molecule has 1 aliphatic heterocycles. The van der Waals surface area contributed by atoms with Gasteiger partial charge >= 0.3 is 11.9 Å². The number of hydrogen-bond donors (Lipinski definition) is 1. The van der Waals surface area contributed by atoms with E-state index in [9.17, 15) is 9.59 Å². The number of anilines is 1. The van der Waals surface area contributed by atoms with Gasteiger partial charge in [-0.15, -0.1) is 0 Å². The number of carbonyl (C=O) groups excluding carboxylic acids is 2. The summed E-state index contributed by atoms with van der Waals surface area (Å²) in [5.41, 5.74) is 1.93. The number of ether oxygens (including phenoxy) is 6. The van der Waals surface area contributed by atoms with E-state index >= 15 is 0 Å². The lowest BCUT2D eigenvalue weighted by Gasteiger charge is -2.19. The first-order chi connectivity index (χ1) is 18.2. The van der Waals surface area contributed by atoms with Gasteiger partial charge in [0.1, 0.15) is 31.4 Å². The van der Waals surface area contributed by atoms with Gasteiger partial charge in [0.05, 0.1) is 33.7 Å². The molecule has 4 rings (SSSR count). The number of fused-ring (bicyclic) bond motifs is 1. The van der Waals surface area contributed by atoms with Crippen LogP contribution in [0.25, 0.3) is 11.2 Å². The van der Waals surface area contributed by atoms with Crippen LogP contribution in [-0.2, 0) is 23.8 Å². The van der Waals surface area contributed by atoms with Gasteiger partial charge in [-0.2, -0.15) is 0 Å². The van der Waals surface area contributed by atoms with E-state index in [0.29, 0.717) is 40.7 Å². The number of aromatic nitrogens is 4. The molecule has 38 heavy (non-hydrogen) atoms. The molecule has 1 fully saturated rings. The minimum absolute atomic E-state index is 0.0372. The lowest BCUT2D eigenvalue weighted by atomic mass is 10.1. The van der Waals surface area contributed by atoms with Crippen LogP contribution >= 0.6 is 0 Å². The molecule has 0 amide bonds. The summed E-state index contributed by atoms with van der Waals surface area (Å²) < 4.78 is 34.7. The molecule has 0 aliphatic carbocycles. The normalized spacial score (nSPS) is 19.6. The lowest BCUT2D eigenvalue weighted by molar-refractivity contribution is -0.155. The number of nitrogens with one attached hydrogen (secondary N) is 1. The zero-order chi connectivity index (χ0) is 27.4. The van der Waals surface area contributed by atoms with Gasteiger partial charge in [-0.05, 0) is 24.6 Å². The van der Waals surface area contributed by atoms with E-state index in [4.69, 9.17) is 28.4 Å². The Balaban J connectivity index is 1.59. The average Bonchev–Trinajstić information content (AvgIpc) is 3.50. The van der Waals surface area contributed by atoms with Crippen LogP contribution in [-0.4, -0.2) is 71.6 Å². The highest BCUT2D eigenvalue weighted by Crippen LogP contribution is 2.40. The topological polar surface area (TPSA) is 145 Å². The molecular weight excluding hydrogens is 498 g/mol. The minimum atomic E-state index is -0.621. The van der Waals surface area contributed by atoms with Gasteiger partial charge in [-0.25, -0.2) is 15.0 Å². The zero-order valence-corrected chi connectivity index (χ0v) is 22.1. The predicted octanol–water partition coefficient (Wildman–Crippen LogP) is 2.81. The molecule has 2 aromatic heterocycles. The van der Waals surface area contributed by atoms with Gasteiger partial charge in [0.25, 0.3) is 0 Å². The summed E-state index contributed by atoms with van der Waals surface area (Å²) in [6.45, 7) is 4.56. The number of esters is 2. The number of imidazole rings is 1. The average molecular weight is 530 g/mol. The fourth-order valence-corrected chi connectivity index (χ4v) is 4.37. The van der Waals surface area contributed by atoms with Crippen molar-refractivity contribution in [3.8, 4) is 17.2 Å². The van der Waals surface area contributed by atoms with Crippen LogP contribution in [0, 0.1) is 0 Å². The molecule has 1 aromatic carbocycles. The molecule has 0 bridgehead atoms. The second kappa shape index (κ2) is 11.5. The van der Waals surface area contributed by atoms with E-state index in [0.717, 1.165) is 5.56 Å². The molecule has 1 aliphatic rings. The van der Waals surface area contributed by atoms with Gasteiger partial charge in [-0.3, -0.25) is 14.2 Å². The Morgan fingerprint density at radius 1 is 1.08 bits per heavy atom. The van der Waals surface area contributed by atoms with Crippen LogP contribution < -0.4 is 19.5 Å². The lowest BCUT2D eigenvalue weighted by Crippen LogP contribution is -2.31. The second-order valence-electron chi connectivity index (χ2n) is 8.69. The molecule has 0 radical (unpaired) electrons. The third-order valence-corrected chi connectivity index (χ3v) is 6.16. The molecule has 0 saturated carbocycles. The third-order valence-electron chi connectivity index (χ3n) is 6.16. The molecule has 1 N–H and O–H groups in total. The van der Waals surface area contributed by atoms with Crippen LogP contribution in [0.3, 0.4) is 0 Å². The number of hydrogen-bond acceptors (Lipinski definition) is 12. The molecule has 13 heteroatoms. The Hall–Kier alpha value is -4.13. The molecule has 1 saturated heterocycles. The number of benzene rings is 1. The first-order valence-electron chi connectivity index (χ1n) is 12.0. The van der Waals surface area contributed by atoms with Crippen molar-refractivity contribution in [2.24, 2.45) is 0 Å². The van der Waals surface area contributed by atoms with Crippen LogP contribution in [0.15, 0.2) is 24.8 Å². The summed E-state index contributed by atoms with van der Waals surface area (Å²) in [6.07, 6.45) is 1.61. The molecule has 13 nitrogen and oxygen atoms in total. The van der Waals surface area contributed by atoms with E-state index in [-0.39, 0.29) is 12.6 Å². The summed E-state index contributed by atoms with van der Waals surface area (Å²) in [5, 5.41) is 3.38. The van der Waals surface area contributed by atoms with Crippen molar-refractivity contribution in [1.29, 1.82) is 0 Å². The van der Waals surface area contributed by atoms with Gasteiger partial charge < -0.3 is 33.7 Å². The van der Waals surface area contributed by atoms with Crippen LogP contribution in [0.1, 0.15) is 45.0 Å². The Labute approximate surface area is 219 Å². The number of rotatable bonds is 10. The Kier molecular flexibility index (Phi) is 8.15. The smallest absolute Gasteiger partial charge is 0.303 e. The van der Waals surface area contributed by atoms with E-state index in [1.165, 1.54) is 20.2 Å². The molecule has 4 atom stereocenters. The maximum Gasteiger partial charge on any atom is 0.303 e. The number of methoxy groups -OCH3 is 3. The van der Waals surface area contributed by atoms with Crippen molar-refractivity contribution < 1.29 is 38.0 Å². The van der Waals surface area contributed by atoms with Crippen LogP contribution in [0.5, 0.6) is 17.2 Å². The van der Waals surface area contributed by atoms with Gasteiger partial charge in [0, 0.05) is 20.3 Å². The zero-order valence-electron chi connectivity index (χ0n) is 22.1. The van der Waals surface area contributed by atoms with E-state index < -0.39 is 30.4 Å². The number of nitrogens with zero attached hydrogens (tertiary/aromatic N) is 4. The van der Waals surface area contributed by atoms with E-state index in [1.807, 2.05) is 19.1 Å². The highest BCUT2D eigenvalue weighted by molar-refractivity contribution is 5.83. The fourth-order valence-electron chi connectivity index (χ4n) is 4.37. The monoisotopic (exact) mass is 529 g/mol. The quantitative estimate of drug-likeness (QED) is 0.385. The summed E-state index contributed by atoms with van der Waals surface area (Å²) in [7, 11) is 4.68. The van der Waals surface area contributed by atoms with Crippen LogP contribution in [0.2, 0.25) is 0 Å². The summed E-state index contributed by atoms with van der Waals surface area (Å²) in [6, 6.07) is 3.51. The van der Waals surface area contributed by atoms with Crippen molar-refractivity contribution >= 4 is 28.9 Å². The molecular formula is C25H31N5O8. The molecule has 3 heterocycles. The van der Waals surface area contributed by atoms with Crippen molar-refractivity contribution in [3.63, 3.8) is 0 Å². The summed E-state index contributed by atoms with van der Waals surface area (Å²) in [4.78, 5) is 36.2. The second-order valence-corrected chi connectivity index (χ2v) is 8.69. The fraction of sp³-hybridized carbons (Fsp3) is 0.480. The molecule has 2 unspecified atom stereocenters. The SMILES string of the molecule is COc1cc(C(C)Nc2ncnc3c2ncn3[C@H]2C[C@@H](OC(C)=O)C(COC(C)=O)O2)cc(OC)c1OC. The Morgan fingerprint density at radius 3 is 2.39 bits per heavy atom. The minimum Gasteiger partial charge on any atom is -0.493 e. The van der Waals surface area contributed by atoms with Crippen molar-refractivity contribution in [2.75, 3.05) is 33.3 Å². The Bertz CT molecular complexity index is 1290. The maximum atomic E-state index is 11.6. The standard InChI is InChI=1S/C25H31N5O8/c1-13(16-7-18(33-4)23(35-6)19(8-16)34-5)29-24-22-25(27-11-26-24)30(12-28-22)21-9-17(37-15(3)32)20(38-21)10-36-14(2)31/h7-8,11-13,17,20-21H,9-10H2,1-6H3,(H,26,27,29)/t13?,17-,20?,21-/m1/s1. The predicted molar refractivity (Wildman–Crippen MR) is 134 cm³/mol. The van der Waals surface area contributed by atoms with E-state index in [1.54, 1.807) is 32.2 Å². The summed E-state index contributed by atoms with van der Waals surface area (Å²) >= 11 is 0. The molecule has 3 aromatic rings. The highest BCUT2D eigenvalue weighted by Gasteiger charge is 2.40. The van der Waals surface area contributed by atoms with Gasteiger partial charge in [-0.1, -0.05) is 0 Å².